The SMILES string of the molecule is COc1ccc(C2Cc3c(Cl)cncc3O2)cc1OCC1CC1. The zero-order valence-electron chi connectivity index (χ0n) is 12.9. The summed E-state index contributed by atoms with van der Waals surface area (Å²) in [6, 6.07) is 5.96. The van der Waals surface area contributed by atoms with E-state index < -0.39 is 0 Å². The molecule has 0 amide bonds. The van der Waals surface area contributed by atoms with Crippen molar-refractivity contribution in [3.8, 4) is 17.2 Å². The molecule has 0 radical (unpaired) electrons. The third-order valence-electron chi connectivity index (χ3n) is 4.36. The van der Waals surface area contributed by atoms with Gasteiger partial charge in [-0.25, -0.2) is 0 Å². The standard InChI is InChI=1S/C18H18ClNO3/c1-21-15-5-4-12(6-17(15)22-10-11-2-3-11)16-7-13-14(19)8-20-9-18(13)23-16/h4-6,8-9,11,16H,2-3,7,10H2,1H3. The molecule has 23 heavy (non-hydrogen) atoms. The summed E-state index contributed by atoms with van der Waals surface area (Å²) in [5.74, 6) is 2.99. The molecule has 1 unspecified atom stereocenters. The second-order valence-electron chi connectivity index (χ2n) is 6.07. The highest BCUT2D eigenvalue weighted by molar-refractivity contribution is 6.31. The van der Waals surface area contributed by atoms with Gasteiger partial charge >= 0.3 is 0 Å². The first kappa shape index (κ1) is 14.6. The second-order valence-corrected chi connectivity index (χ2v) is 6.48. The molecule has 0 N–H and O–H groups in total. The van der Waals surface area contributed by atoms with Gasteiger partial charge in [-0.15, -0.1) is 0 Å². The van der Waals surface area contributed by atoms with E-state index in [2.05, 4.69) is 4.98 Å². The van der Waals surface area contributed by atoms with E-state index >= 15 is 0 Å². The summed E-state index contributed by atoms with van der Waals surface area (Å²) < 4.78 is 17.3. The number of fused-ring (bicyclic) bond motifs is 1. The number of hydrogen-bond acceptors (Lipinski definition) is 4. The maximum Gasteiger partial charge on any atom is 0.161 e. The van der Waals surface area contributed by atoms with Crippen LogP contribution in [0.5, 0.6) is 17.2 Å². The molecule has 5 heteroatoms. The lowest BCUT2D eigenvalue weighted by Crippen LogP contribution is -2.06. The smallest absolute Gasteiger partial charge is 0.161 e. The fourth-order valence-electron chi connectivity index (χ4n) is 2.81. The van der Waals surface area contributed by atoms with Gasteiger partial charge in [0.1, 0.15) is 11.9 Å². The van der Waals surface area contributed by atoms with Crippen molar-refractivity contribution in [1.29, 1.82) is 0 Å². The van der Waals surface area contributed by atoms with Gasteiger partial charge in [0.25, 0.3) is 0 Å². The summed E-state index contributed by atoms with van der Waals surface area (Å²) in [6.45, 7) is 0.751. The number of nitrogens with zero attached hydrogens (tertiary/aromatic N) is 1. The average molecular weight is 332 g/mol. The van der Waals surface area contributed by atoms with Crippen LogP contribution in [0.1, 0.15) is 30.1 Å². The van der Waals surface area contributed by atoms with Crippen LogP contribution in [-0.4, -0.2) is 18.7 Å². The molecule has 2 aliphatic rings. The van der Waals surface area contributed by atoms with Crippen LogP contribution in [0.3, 0.4) is 0 Å². The molecule has 0 bridgehead atoms. The van der Waals surface area contributed by atoms with Gasteiger partial charge in [-0.1, -0.05) is 17.7 Å². The van der Waals surface area contributed by atoms with Crippen LogP contribution in [0.2, 0.25) is 5.02 Å². The summed E-state index contributed by atoms with van der Waals surface area (Å²) in [6.07, 6.45) is 6.56. The minimum atomic E-state index is -0.0686. The molecule has 120 valence electrons. The molecule has 1 aliphatic heterocycles. The number of methoxy groups -OCH3 is 1. The minimum absolute atomic E-state index is 0.0686. The van der Waals surface area contributed by atoms with Crippen molar-refractivity contribution < 1.29 is 14.2 Å². The normalized spacial score (nSPS) is 19.1. The number of pyridine rings is 1. The molecular weight excluding hydrogens is 314 g/mol. The molecule has 1 aromatic carbocycles. The van der Waals surface area contributed by atoms with Gasteiger partial charge < -0.3 is 14.2 Å². The van der Waals surface area contributed by atoms with Crippen molar-refractivity contribution in [2.24, 2.45) is 5.92 Å². The predicted molar refractivity (Wildman–Crippen MR) is 87.5 cm³/mol. The Morgan fingerprint density at radius 2 is 2.13 bits per heavy atom. The number of halogens is 1. The molecule has 4 nitrogen and oxygen atoms in total. The highest BCUT2D eigenvalue weighted by Crippen LogP contribution is 2.41. The van der Waals surface area contributed by atoms with Crippen molar-refractivity contribution in [3.05, 3.63) is 46.7 Å². The van der Waals surface area contributed by atoms with E-state index in [0.717, 1.165) is 41.4 Å². The summed E-state index contributed by atoms with van der Waals surface area (Å²) in [5.41, 5.74) is 2.08. The van der Waals surface area contributed by atoms with Gasteiger partial charge in [0, 0.05) is 18.2 Å². The summed E-state index contributed by atoms with van der Waals surface area (Å²) in [5, 5.41) is 0.656. The largest absolute Gasteiger partial charge is 0.493 e. The topological polar surface area (TPSA) is 40.6 Å². The zero-order valence-corrected chi connectivity index (χ0v) is 13.7. The van der Waals surface area contributed by atoms with Crippen molar-refractivity contribution in [2.45, 2.75) is 25.4 Å². The van der Waals surface area contributed by atoms with E-state index in [-0.39, 0.29) is 6.10 Å². The fourth-order valence-corrected chi connectivity index (χ4v) is 3.03. The van der Waals surface area contributed by atoms with Crippen LogP contribution in [0.25, 0.3) is 0 Å². The van der Waals surface area contributed by atoms with Crippen LogP contribution in [-0.2, 0) is 6.42 Å². The lowest BCUT2D eigenvalue weighted by atomic mass is 10.0. The van der Waals surface area contributed by atoms with Gasteiger partial charge in [0.2, 0.25) is 0 Å². The van der Waals surface area contributed by atoms with Crippen LogP contribution in [0.15, 0.2) is 30.6 Å². The Labute approximate surface area is 140 Å². The Balaban J connectivity index is 1.57. The number of rotatable bonds is 5. The Morgan fingerprint density at radius 3 is 2.87 bits per heavy atom. The van der Waals surface area contributed by atoms with E-state index in [1.165, 1.54) is 12.8 Å². The average Bonchev–Trinajstić information content (AvgIpc) is 3.29. The number of benzene rings is 1. The van der Waals surface area contributed by atoms with E-state index in [1.54, 1.807) is 19.5 Å². The van der Waals surface area contributed by atoms with Crippen molar-refractivity contribution >= 4 is 11.6 Å². The zero-order chi connectivity index (χ0) is 15.8. The molecule has 1 fully saturated rings. The first-order valence-corrected chi connectivity index (χ1v) is 8.22. The highest BCUT2D eigenvalue weighted by Gasteiger charge is 2.28. The Morgan fingerprint density at radius 1 is 1.26 bits per heavy atom. The third-order valence-corrected chi connectivity index (χ3v) is 4.68. The van der Waals surface area contributed by atoms with Gasteiger partial charge in [-0.3, -0.25) is 4.98 Å². The minimum Gasteiger partial charge on any atom is -0.493 e. The van der Waals surface area contributed by atoms with Gasteiger partial charge in [-0.2, -0.15) is 0 Å². The van der Waals surface area contributed by atoms with Gasteiger partial charge in [0.05, 0.1) is 24.9 Å². The van der Waals surface area contributed by atoms with Crippen LogP contribution < -0.4 is 14.2 Å². The molecule has 0 spiro atoms. The van der Waals surface area contributed by atoms with Crippen LogP contribution >= 0.6 is 11.6 Å². The first-order chi connectivity index (χ1) is 11.2. The van der Waals surface area contributed by atoms with Crippen LogP contribution in [0.4, 0.5) is 0 Å². The predicted octanol–water partition coefficient (Wildman–Crippen LogP) is 4.21. The number of hydrogen-bond donors (Lipinski definition) is 0. The van der Waals surface area contributed by atoms with E-state index in [4.69, 9.17) is 25.8 Å². The van der Waals surface area contributed by atoms with Gasteiger partial charge in [0.15, 0.2) is 11.5 Å². The number of aromatic nitrogens is 1. The summed E-state index contributed by atoms with van der Waals surface area (Å²) >= 11 is 6.21. The van der Waals surface area contributed by atoms with Crippen molar-refractivity contribution in [1.82, 2.24) is 4.98 Å². The monoisotopic (exact) mass is 331 g/mol. The van der Waals surface area contributed by atoms with Crippen LogP contribution in [0, 0.1) is 5.92 Å². The molecule has 2 aromatic rings. The maximum atomic E-state index is 6.21. The molecule has 1 saturated carbocycles. The van der Waals surface area contributed by atoms with E-state index in [9.17, 15) is 0 Å². The van der Waals surface area contributed by atoms with Gasteiger partial charge in [-0.05, 0) is 36.5 Å². The van der Waals surface area contributed by atoms with Crippen molar-refractivity contribution in [3.63, 3.8) is 0 Å². The Hall–Kier alpha value is -1.94. The molecule has 0 saturated heterocycles. The lowest BCUT2D eigenvalue weighted by Gasteiger charge is -2.15. The Kier molecular flexibility index (Phi) is 3.77. The van der Waals surface area contributed by atoms with E-state index in [1.807, 2.05) is 18.2 Å². The first-order valence-electron chi connectivity index (χ1n) is 7.84. The molecule has 4 rings (SSSR count). The lowest BCUT2D eigenvalue weighted by molar-refractivity contribution is 0.235. The fraction of sp³-hybridized carbons (Fsp3) is 0.389. The molecule has 1 atom stereocenters. The molecule has 2 heterocycles. The second kappa shape index (κ2) is 5.93. The van der Waals surface area contributed by atoms with Crippen molar-refractivity contribution in [2.75, 3.05) is 13.7 Å². The molecule has 1 aromatic heterocycles. The van der Waals surface area contributed by atoms with E-state index in [0.29, 0.717) is 10.9 Å². The highest BCUT2D eigenvalue weighted by atomic mass is 35.5. The summed E-state index contributed by atoms with van der Waals surface area (Å²) in [7, 11) is 1.66. The Bertz CT molecular complexity index is 730. The quantitative estimate of drug-likeness (QED) is 0.823. The summed E-state index contributed by atoms with van der Waals surface area (Å²) in [4.78, 5) is 4.08. The molecular formula is C18H18ClNO3. The number of ether oxygens (including phenoxy) is 3. The third kappa shape index (κ3) is 2.95. The maximum absolute atomic E-state index is 6.21. The molecule has 1 aliphatic carbocycles.